The van der Waals surface area contributed by atoms with Crippen molar-refractivity contribution in [2.24, 2.45) is 0 Å². The van der Waals surface area contributed by atoms with Crippen molar-refractivity contribution in [1.29, 1.82) is 5.26 Å². The van der Waals surface area contributed by atoms with E-state index in [1.165, 1.54) is 25.2 Å². The van der Waals surface area contributed by atoms with Crippen molar-refractivity contribution in [1.82, 2.24) is 4.31 Å². The summed E-state index contributed by atoms with van der Waals surface area (Å²) < 4.78 is 36.8. The molecule has 0 aliphatic rings. The number of halogens is 1. The monoisotopic (exact) mass is 458 g/mol. The fourth-order valence-electron chi connectivity index (χ4n) is 1.97. The van der Waals surface area contributed by atoms with Gasteiger partial charge in [0.15, 0.2) is 11.5 Å². The van der Waals surface area contributed by atoms with Crippen LogP contribution < -0.4 is 9.47 Å². The Morgan fingerprint density at radius 2 is 2.15 bits per heavy atom. The maximum Gasteiger partial charge on any atom is 0.326 e. The molecule has 0 spiro atoms. The van der Waals surface area contributed by atoms with E-state index in [1.54, 1.807) is 18.4 Å². The van der Waals surface area contributed by atoms with Gasteiger partial charge >= 0.3 is 5.97 Å². The molecule has 7 nitrogen and oxygen atoms in total. The zero-order valence-electron chi connectivity index (χ0n) is 13.9. The molecular weight excluding hydrogens is 444 g/mol. The Morgan fingerprint density at radius 1 is 1.42 bits per heavy atom. The Kier molecular flexibility index (Phi) is 6.77. The minimum atomic E-state index is -3.76. The van der Waals surface area contributed by atoms with E-state index in [1.807, 2.05) is 6.07 Å². The molecule has 0 saturated heterocycles. The predicted molar refractivity (Wildman–Crippen MR) is 99.8 cm³/mol. The summed E-state index contributed by atoms with van der Waals surface area (Å²) >= 11 is 4.30. The van der Waals surface area contributed by atoms with Crippen LogP contribution in [0.3, 0.4) is 0 Å². The molecule has 1 heterocycles. The van der Waals surface area contributed by atoms with E-state index in [-0.39, 0.29) is 15.7 Å². The number of benzene rings is 1. The third kappa shape index (κ3) is 4.62. The van der Waals surface area contributed by atoms with E-state index in [2.05, 4.69) is 15.9 Å². The highest BCUT2D eigenvalue weighted by Crippen LogP contribution is 2.37. The number of hydrogen-bond donors (Lipinski definition) is 0. The van der Waals surface area contributed by atoms with Gasteiger partial charge in [0.25, 0.3) is 10.0 Å². The average Bonchev–Trinajstić information content (AvgIpc) is 3.13. The highest BCUT2D eigenvalue weighted by Gasteiger charge is 2.25. The first-order chi connectivity index (χ1) is 12.3. The number of carbonyl (C=O) groups is 1. The topological polar surface area (TPSA) is 96.7 Å². The summed E-state index contributed by atoms with van der Waals surface area (Å²) in [4.78, 5) is 12.2. The van der Waals surface area contributed by atoms with Gasteiger partial charge in [-0.1, -0.05) is 6.07 Å². The van der Waals surface area contributed by atoms with Crippen LogP contribution in [0.4, 0.5) is 0 Å². The molecule has 26 heavy (non-hydrogen) atoms. The molecule has 10 heteroatoms. The molecule has 0 N–H and O–H groups in total. The van der Waals surface area contributed by atoms with Crippen molar-refractivity contribution in [2.75, 3.05) is 20.2 Å². The van der Waals surface area contributed by atoms with E-state index in [4.69, 9.17) is 14.7 Å². The molecule has 0 aliphatic heterocycles. The lowest BCUT2D eigenvalue weighted by Gasteiger charge is -2.17. The molecule has 0 fully saturated rings. The van der Waals surface area contributed by atoms with Crippen molar-refractivity contribution in [3.05, 3.63) is 39.7 Å². The van der Waals surface area contributed by atoms with Gasteiger partial charge in [0, 0.05) is 13.1 Å². The predicted octanol–water partition coefficient (Wildman–Crippen LogP) is 3.01. The standard InChI is InChI=1S/C16H15BrN2O5S2/c1-3-23-13-8-11(9-18)7-12(17)16(13)24-14(20)10-19(2)26(21,22)15-5-4-6-25-15/h4-8H,3,10H2,1-2H3. The van der Waals surface area contributed by atoms with E-state index in [9.17, 15) is 13.2 Å². The number of sulfonamides is 1. The number of nitriles is 1. The lowest BCUT2D eigenvalue weighted by atomic mass is 10.2. The maximum absolute atomic E-state index is 12.4. The lowest BCUT2D eigenvalue weighted by molar-refractivity contribution is -0.134. The molecule has 0 bridgehead atoms. The first-order valence-electron chi connectivity index (χ1n) is 7.36. The lowest BCUT2D eigenvalue weighted by Crippen LogP contribution is -2.33. The Balaban J connectivity index is 2.19. The maximum atomic E-state index is 12.4. The molecule has 138 valence electrons. The molecule has 0 unspecified atom stereocenters. The Hall–Kier alpha value is -1.93. The molecule has 0 radical (unpaired) electrons. The van der Waals surface area contributed by atoms with Crippen LogP contribution in [0.2, 0.25) is 0 Å². The first-order valence-corrected chi connectivity index (χ1v) is 10.5. The van der Waals surface area contributed by atoms with Crippen molar-refractivity contribution in [2.45, 2.75) is 11.1 Å². The number of nitrogens with zero attached hydrogens (tertiary/aromatic N) is 2. The second-order valence-electron chi connectivity index (χ2n) is 5.00. The summed E-state index contributed by atoms with van der Waals surface area (Å²) in [7, 11) is -2.46. The smallest absolute Gasteiger partial charge is 0.326 e. The van der Waals surface area contributed by atoms with Crippen LogP contribution in [0.1, 0.15) is 12.5 Å². The zero-order chi connectivity index (χ0) is 19.3. The molecule has 0 aliphatic carbocycles. The summed E-state index contributed by atoms with van der Waals surface area (Å²) in [5.41, 5.74) is 0.331. The zero-order valence-corrected chi connectivity index (χ0v) is 17.2. The third-order valence-corrected chi connectivity index (χ3v) is 6.93. The fraction of sp³-hybridized carbons (Fsp3) is 0.250. The van der Waals surface area contributed by atoms with Crippen LogP contribution >= 0.6 is 27.3 Å². The highest BCUT2D eigenvalue weighted by atomic mass is 79.9. The largest absolute Gasteiger partial charge is 0.490 e. The van der Waals surface area contributed by atoms with Crippen LogP contribution in [0.25, 0.3) is 0 Å². The Morgan fingerprint density at radius 3 is 2.73 bits per heavy atom. The normalized spacial score (nSPS) is 11.2. The van der Waals surface area contributed by atoms with Crippen LogP contribution in [0, 0.1) is 11.3 Å². The molecule has 0 amide bonds. The Labute approximate surface area is 163 Å². The number of rotatable bonds is 7. The molecule has 0 atom stereocenters. The SMILES string of the molecule is CCOc1cc(C#N)cc(Br)c1OC(=O)CN(C)S(=O)(=O)c1cccs1. The highest BCUT2D eigenvalue weighted by molar-refractivity contribution is 9.10. The number of likely N-dealkylation sites (N-methyl/N-ethyl adjacent to an activating group) is 1. The van der Waals surface area contributed by atoms with Gasteiger partial charge in [-0.3, -0.25) is 4.79 Å². The molecule has 1 aromatic carbocycles. The summed E-state index contributed by atoms with van der Waals surface area (Å²) in [6, 6.07) is 7.99. The van der Waals surface area contributed by atoms with E-state index in [0.29, 0.717) is 16.6 Å². The van der Waals surface area contributed by atoms with Gasteiger partial charge in [0.1, 0.15) is 10.8 Å². The van der Waals surface area contributed by atoms with Crippen molar-refractivity contribution < 1.29 is 22.7 Å². The van der Waals surface area contributed by atoms with Gasteiger partial charge in [-0.25, -0.2) is 8.42 Å². The molecule has 0 saturated carbocycles. The van der Waals surface area contributed by atoms with Crippen molar-refractivity contribution in [3.8, 4) is 17.6 Å². The average molecular weight is 459 g/mol. The number of esters is 1. The van der Waals surface area contributed by atoms with E-state index in [0.717, 1.165) is 15.6 Å². The number of ether oxygens (including phenoxy) is 2. The molecule has 1 aromatic heterocycles. The van der Waals surface area contributed by atoms with E-state index >= 15 is 0 Å². The third-order valence-electron chi connectivity index (χ3n) is 3.17. The summed E-state index contributed by atoms with van der Waals surface area (Å²) in [5.74, 6) is -0.465. The quantitative estimate of drug-likeness (QED) is 0.467. The second kappa shape index (κ2) is 8.64. The van der Waals surface area contributed by atoms with Crippen molar-refractivity contribution >= 4 is 43.3 Å². The van der Waals surface area contributed by atoms with E-state index < -0.39 is 22.5 Å². The van der Waals surface area contributed by atoms with Crippen LogP contribution in [0.15, 0.2) is 38.3 Å². The number of hydrogen-bond acceptors (Lipinski definition) is 7. The van der Waals surface area contributed by atoms with Gasteiger partial charge in [0.05, 0.1) is 22.7 Å². The van der Waals surface area contributed by atoms with Gasteiger partial charge in [-0.15, -0.1) is 11.3 Å². The van der Waals surface area contributed by atoms with Crippen LogP contribution in [-0.2, 0) is 14.8 Å². The molecule has 2 aromatic rings. The molecule has 2 rings (SSSR count). The van der Waals surface area contributed by atoms with Crippen molar-refractivity contribution in [3.63, 3.8) is 0 Å². The minimum absolute atomic E-state index is 0.0952. The van der Waals surface area contributed by atoms with Gasteiger partial charge in [-0.05, 0) is 40.4 Å². The fourth-order valence-corrected chi connectivity index (χ4v) is 4.81. The second-order valence-corrected chi connectivity index (χ2v) is 9.07. The molecular formula is C16H15BrN2O5S2. The number of thiophene rings is 1. The minimum Gasteiger partial charge on any atom is -0.490 e. The van der Waals surface area contributed by atoms with Crippen LogP contribution in [0.5, 0.6) is 11.5 Å². The first kappa shape index (κ1) is 20.4. The van der Waals surface area contributed by atoms with Gasteiger partial charge in [-0.2, -0.15) is 9.57 Å². The Bertz CT molecular complexity index is 936. The van der Waals surface area contributed by atoms with Crippen LogP contribution in [-0.4, -0.2) is 38.9 Å². The summed E-state index contributed by atoms with van der Waals surface area (Å²) in [5, 5.41) is 10.7. The number of carbonyl (C=O) groups excluding carboxylic acids is 1. The van der Waals surface area contributed by atoms with Gasteiger partial charge in [0.2, 0.25) is 0 Å². The summed E-state index contributed by atoms with van der Waals surface area (Å²) in [6.45, 7) is 1.58. The van der Waals surface area contributed by atoms with Gasteiger partial charge < -0.3 is 9.47 Å². The summed E-state index contributed by atoms with van der Waals surface area (Å²) in [6.07, 6.45) is 0.